The van der Waals surface area contributed by atoms with E-state index in [1.54, 1.807) is 18.4 Å². The van der Waals surface area contributed by atoms with E-state index in [1.807, 2.05) is 13.0 Å². The number of fused-ring (bicyclic) bond motifs is 1. The number of aromatic nitrogens is 2. The van der Waals surface area contributed by atoms with Gasteiger partial charge >= 0.3 is 5.97 Å². The number of carbonyl (C=O) groups is 1. The van der Waals surface area contributed by atoms with Gasteiger partial charge in [-0.15, -0.1) is 11.3 Å². The lowest BCUT2D eigenvalue weighted by Gasteiger charge is -2.22. The van der Waals surface area contributed by atoms with Crippen LogP contribution in [0, 0.1) is 12.8 Å². The number of benzene rings is 1. The number of allylic oxidation sites excluding steroid dienone is 2. The molecule has 0 radical (unpaired) electrons. The molecule has 0 amide bonds. The average Bonchev–Trinajstić information content (AvgIpc) is 3.24. The number of carbonyl (C=O) groups excluding carboxylic acids is 1. The van der Waals surface area contributed by atoms with Gasteiger partial charge in [0.05, 0.1) is 31.7 Å². The van der Waals surface area contributed by atoms with Gasteiger partial charge in [0.2, 0.25) is 0 Å². The molecule has 0 bridgehead atoms. The molecule has 0 fully saturated rings. The van der Waals surface area contributed by atoms with Crippen molar-refractivity contribution in [1.29, 1.82) is 0 Å². The normalized spacial score (nSPS) is 17.0. The standard InChI is InChI=1S/C24H26BrN3O3S/c1-13(22-9-17(25)12-32-22)26-23-19-10-18(15-5-7-16(8-6-15)24(29)31-4)21(30-3)11-20(19)27-14(2)28-23/h5,9-13,16H,6-8H2,1-4H3,(H,26,27,28). The molecule has 1 aromatic carbocycles. The molecule has 0 aliphatic heterocycles. The van der Waals surface area contributed by atoms with Gasteiger partial charge in [-0.3, -0.25) is 4.79 Å². The highest BCUT2D eigenvalue weighted by atomic mass is 79.9. The summed E-state index contributed by atoms with van der Waals surface area (Å²) in [5.41, 5.74) is 3.03. The van der Waals surface area contributed by atoms with Gasteiger partial charge in [-0.25, -0.2) is 9.97 Å². The Bertz CT molecular complexity index is 1190. The van der Waals surface area contributed by atoms with Crippen molar-refractivity contribution in [3.05, 3.63) is 50.4 Å². The molecular formula is C24H26BrN3O3S. The summed E-state index contributed by atoms with van der Waals surface area (Å²) in [5, 5.41) is 6.60. The Balaban J connectivity index is 1.73. The Morgan fingerprint density at radius 3 is 2.72 bits per heavy atom. The van der Waals surface area contributed by atoms with Gasteiger partial charge in [0.15, 0.2) is 0 Å². The SMILES string of the molecule is COC(=O)C1CC=C(c2cc3c(NC(C)c4cc(Br)cs4)nc(C)nc3cc2OC)CC1. The van der Waals surface area contributed by atoms with Crippen molar-refractivity contribution in [1.82, 2.24) is 9.97 Å². The average molecular weight is 516 g/mol. The van der Waals surface area contributed by atoms with Gasteiger partial charge in [0, 0.05) is 31.7 Å². The molecule has 1 aliphatic rings. The smallest absolute Gasteiger partial charge is 0.308 e. The first kappa shape index (κ1) is 22.7. The van der Waals surface area contributed by atoms with Crippen molar-refractivity contribution < 1.29 is 14.3 Å². The fourth-order valence-electron chi connectivity index (χ4n) is 4.09. The molecule has 3 aromatic rings. The van der Waals surface area contributed by atoms with Crippen molar-refractivity contribution >= 4 is 55.5 Å². The van der Waals surface area contributed by atoms with Crippen LogP contribution in [0.25, 0.3) is 16.5 Å². The third-order valence-electron chi connectivity index (χ3n) is 5.79. The summed E-state index contributed by atoms with van der Waals surface area (Å²) >= 11 is 5.24. The molecule has 0 saturated carbocycles. The van der Waals surface area contributed by atoms with Crippen LogP contribution in [0.1, 0.15) is 48.5 Å². The number of halogens is 1. The second kappa shape index (κ2) is 9.58. The van der Waals surface area contributed by atoms with Gasteiger partial charge in [-0.05, 0) is 66.7 Å². The van der Waals surface area contributed by atoms with Crippen molar-refractivity contribution in [2.75, 3.05) is 19.5 Å². The van der Waals surface area contributed by atoms with Crippen LogP contribution in [0.4, 0.5) is 5.82 Å². The van der Waals surface area contributed by atoms with Crippen molar-refractivity contribution in [3.63, 3.8) is 0 Å². The topological polar surface area (TPSA) is 73.3 Å². The number of methoxy groups -OCH3 is 2. The maximum atomic E-state index is 11.9. The highest BCUT2D eigenvalue weighted by Crippen LogP contribution is 2.39. The van der Waals surface area contributed by atoms with Gasteiger partial charge < -0.3 is 14.8 Å². The number of esters is 1. The molecule has 2 heterocycles. The van der Waals surface area contributed by atoms with Crippen molar-refractivity contribution in [3.8, 4) is 5.75 Å². The minimum Gasteiger partial charge on any atom is -0.496 e. The summed E-state index contributed by atoms with van der Waals surface area (Å²) in [6.45, 7) is 4.02. The van der Waals surface area contributed by atoms with Crippen LogP contribution >= 0.6 is 27.3 Å². The number of anilines is 1. The predicted molar refractivity (Wildman–Crippen MR) is 132 cm³/mol. The lowest BCUT2D eigenvalue weighted by atomic mass is 9.86. The van der Waals surface area contributed by atoms with E-state index in [9.17, 15) is 4.79 Å². The number of aryl methyl sites for hydroxylation is 1. The summed E-state index contributed by atoms with van der Waals surface area (Å²) in [6.07, 6.45) is 4.35. The molecule has 32 heavy (non-hydrogen) atoms. The maximum absolute atomic E-state index is 11.9. The maximum Gasteiger partial charge on any atom is 0.308 e. The van der Waals surface area contributed by atoms with E-state index in [-0.39, 0.29) is 17.9 Å². The number of ether oxygens (including phenoxy) is 2. The second-order valence-electron chi connectivity index (χ2n) is 7.95. The Labute approximate surface area is 200 Å². The van der Waals surface area contributed by atoms with Crippen LogP contribution in [-0.4, -0.2) is 30.2 Å². The van der Waals surface area contributed by atoms with Gasteiger partial charge in [-0.1, -0.05) is 6.08 Å². The van der Waals surface area contributed by atoms with E-state index < -0.39 is 0 Å². The summed E-state index contributed by atoms with van der Waals surface area (Å²) in [7, 11) is 3.12. The Hall–Kier alpha value is -2.45. The van der Waals surface area contributed by atoms with Crippen LogP contribution in [0.5, 0.6) is 5.75 Å². The molecule has 1 N–H and O–H groups in total. The third-order valence-corrected chi connectivity index (χ3v) is 7.66. The first-order valence-electron chi connectivity index (χ1n) is 10.5. The molecule has 8 heteroatoms. The molecule has 168 valence electrons. The number of nitrogens with zero attached hydrogens (tertiary/aromatic N) is 2. The van der Waals surface area contributed by atoms with Crippen LogP contribution in [0.3, 0.4) is 0 Å². The fourth-order valence-corrected chi connectivity index (χ4v) is 5.55. The van der Waals surface area contributed by atoms with Gasteiger partial charge in [0.25, 0.3) is 0 Å². The zero-order valence-electron chi connectivity index (χ0n) is 18.6. The second-order valence-corrected chi connectivity index (χ2v) is 9.80. The zero-order valence-corrected chi connectivity index (χ0v) is 21.0. The molecular weight excluding hydrogens is 490 g/mol. The quantitative estimate of drug-likeness (QED) is 0.388. The molecule has 2 atom stereocenters. The highest BCUT2D eigenvalue weighted by molar-refractivity contribution is 9.10. The van der Waals surface area contributed by atoms with Crippen LogP contribution < -0.4 is 10.1 Å². The summed E-state index contributed by atoms with van der Waals surface area (Å²) < 4.78 is 11.7. The number of thiophene rings is 1. The summed E-state index contributed by atoms with van der Waals surface area (Å²) in [4.78, 5) is 22.5. The molecule has 0 saturated heterocycles. The predicted octanol–water partition coefficient (Wildman–Crippen LogP) is 6.30. The van der Waals surface area contributed by atoms with Crippen molar-refractivity contribution in [2.24, 2.45) is 5.92 Å². The molecule has 6 nitrogen and oxygen atoms in total. The number of hydrogen-bond donors (Lipinski definition) is 1. The third kappa shape index (κ3) is 4.66. The van der Waals surface area contributed by atoms with E-state index in [4.69, 9.17) is 14.5 Å². The Kier molecular flexibility index (Phi) is 6.81. The molecule has 0 spiro atoms. The summed E-state index contributed by atoms with van der Waals surface area (Å²) in [5.74, 6) is 2.06. The minimum atomic E-state index is -0.143. The van der Waals surface area contributed by atoms with E-state index in [0.717, 1.165) is 45.3 Å². The number of nitrogens with one attached hydrogen (secondary N) is 1. The van der Waals surface area contributed by atoms with Crippen molar-refractivity contribution in [2.45, 2.75) is 39.2 Å². The fraction of sp³-hybridized carbons (Fsp3) is 0.375. The minimum absolute atomic E-state index is 0.0793. The first-order chi connectivity index (χ1) is 15.4. The van der Waals surface area contributed by atoms with Gasteiger partial charge in [-0.2, -0.15) is 0 Å². The van der Waals surface area contributed by atoms with Crippen LogP contribution in [0.15, 0.2) is 34.1 Å². The van der Waals surface area contributed by atoms with E-state index in [0.29, 0.717) is 12.2 Å². The molecule has 2 unspecified atom stereocenters. The molecule has 4 rings (SSSR count). The van der Waals surface area contributed by atoms with Crippen LogP contribution in [0.2, 0.25) is 0 Å². The summed E-state index contributed by atoms with van der Waals surface area (Å²) in [6, 6.07) is 6.31. The lowest BCUT2D eigenvalue weighted by molar-refractivity contribution is -0.145. The lowest BCUT2D eigenvalue weighted by Crippen LogP contribution is -2.18. The van der Waals surface area contributed by atoms with Crippen LogP contribution in [-0.2, 0) is 9.53 Å². The highest BCUT2D eigenvalue weighted by Gasteiger charge is 2.24. The number of hydrogen-bond acceptors (Lipinski definition) is 7. The largest absolute Gasteiger partial charge is 0.496 e. The monoisotopic (exact) mass is 515 g/mol. The molecule has 1 aliphatic carbocycles. The first-order valence-corrected chi connectivity index (χ1v) is 12.2. The van der Waals surface area contributed by atoms with Gasteiger partial charge in [0.1, 0.15) is 17.4 Å². The van der Waals surface area contributed by atoms with E-state index >= 15 is 0 Å². The van der Waals surface area contributed by atoms with E-state index in [1.165, 1.54) is 17.6 Å². The molecule has 2 aromatic heterocycles. The van der Waals surface area contributed by atoms with E-state index in [2.05, 4.69) is 56.7 Å². The Morgan fingerprint density at radius 1 is 1.28 bits per heavy atom. The number of rotatable bonds is 6. The zero-order chi connectivity index (χ0) is 22.8. The Morgan fingerprint density at radius 2 is 2.09 bits per heavy atom.